The summed E-state index contributed by atoms with van der Waals surface area (Å²) >= 11 is 0. The molecule has 0 atom stereocenters. The number of nitrogens with one attached hydrogen (secondary N) is 1. The van der Waals surface area contributed by atoms with Crippen LogP contribution in [0.3, 0.4) is 0 Å². The predicted molar refractivity (Wildman–Crippen MR) is 132 cm³/mol. The lowest BCUT2D eigenvalue weighted by atomic mass is 10.1. The minimum absolute atomic E-state index is 0.0706. The highest BCUT2D eigenvalue weighted by Crippen LogP contribution is 2.24. The van der Waals surface area contributed by atoms with Crippen LogP contribution in [0.1, 0.15) is 12.8 Å². The molecule has 2 aromatic carbocycles. The van der Waals surface area contributed by atoms with Crippen LogP contribution in [0.15, 0.2) is 78.4 Å². The van der Waals surface area contributed by atoms with Crippen LogP contribution in [0.2, 0.25) is 0 Å². The molecule has 1 saturated heterocycles. The number of benzene rings is 2. The molecule has 0 radical (unpaired) electrons. The van der Waals surface area contributed by atoms with Gasteiger partial charge in [0.1, 0.15) is 5.70 Å². The minimum atomic E-state index is -0.432. The highest BCUT2D eigenvalue weighted by Gasteiger charge is 2.16. The van der Waals surface area contributed by atoms with Crippen molar-refractivity contribution in [1.82, 2.24) is 14.3 Å². The third kappa shape index (κ3) is 3.93. The largest absolute Gasteiger partial charge is 0.372 e. The summed E-state index contributed by atoms with van der Waals surface area (Å²) < 4.78 is 3.09. The van der Waals surface area contributed by atoms with Crippen LogP contribution >= 0.6 is 0 Å². The number of anilines is 2. The molecule has 0 unspecified atom stereocenters. The van der Waals surface area contributed by atoms with Crippen molar-refractivity contribution in [2.24, 2.45) is 7.05 Å². The maximum atomic E-state index is 13.1. The zero-order valence-electron chi connectivity index (χ0n) is 18.5. The molecule has 0 saturated carbocycles. The highest BCUT2D eigenvalue weighted by atomic mass is 16.2. The molecule has 2 aromatic heterocycles. The lowest BCUT2D eigenvalue weighted by Crippen LogP contribution is -2.25. The van der Waals surface area contributed by atoms with E-state index in [1.807, 2.05) is 61.6 Å². The van der Waals surface area contributed by atoms with E-state index < -0.39 is 5.91 Å². The molecule has 0 aliphatic carbocycles. The van der Waals surface area contributed by atoms with Gasteiger partial charge in [-0.05, 0) is 66.3 Å². The number of nitrogens with zero attached hydrogens (tertiary/aromatic N) is 4. The standard InChI is InChI=1S/C26H25N5O2/c1-18(25(32)28-21-7-5-19(6-8-21)24-11-13-27-29(24)2)31-16-12-20-17-22(30-14-3-4-15-30)9-10-23(20)26(31)33/h5-13,16-17H,1,3-4,14-15H2,2H3,(H,28,32). The van der Waals surface area contributed by atoms with Gasteiger partial charge in [-0.1, -0.05) is 18.7 Å². The zero-order valence-corrected chi connectivity index (χ0v) is 18.5. The maximum absolute atomic E-state index is 13.1. The first kappa shape index (κ1) is 20.8. The van der Waals surface area contributed by atoms with Gasteiger partial charge >= 0.3 is 0 Å². The summed E-state index contributed by atoms with van der Waals surface area (Å²) in [5.74, 6) is -0.432. The topological polar surface area (TPSA) is 72.2 Å². The van der Waals surface area contributed by atoms with E-state index in [9.17, 15) is 9.59 Å². The molecule has 4 aromatic rings. The van der Waals surface area contributed by atoms with Crippen LogP contribution < -0.4 is 15.8 Å². The smallest absolute Gasteiger partial charge is 0.272 e. The third-order valence-corrected chi connectivity index (χ3v) is 6.17. The molecule has 7 heteroatoms. The van der Waals surface area contributed by atoms with E-state index in [-0.39, 0.29) is 11.3 Å². The molecule has 1 aliphatic rings. The number of fused-ring (bicyclic) bond motifs is 1. The summed E-state index contributed by atoms with van der Waals surface area (Å²) in [5, 5.41) is 8.42. The Bertz CT molecular complexity index is 1410. The van der Waals surface area contributed by atoms with E-state index in [0.717, 1.165) is 35.4 Å². The van der Waals surface area contributed by atoms with Gasteiger partial charge < -0.3 is 10.2 Å². The minimum Gasteiger partial charge on any atom is -0.372 e. The number of aryl methyl sites for hydroxylation is 1. The van der Waals surface area contributed by atoms with E-state index in [1.165, 1.54) is 17.4 Å². The number of rotatable bonds is 5. The van der Waals surface area contributed by atoms with Gasteiger partial charge in [0.15, 0.2) is 0 Å². The number of carbonyl (C=O) groups excluding carboxylic acids is 1. The maximum Gasteiger partial charge on any atom is 0.272 e. The van der Waals surface area contributed by atoms with Gasteiger partial charge in [0.25, 0.3) is 11.5 Å². The molecule has 33 heavy (non-hydrogen) atoms. The van der Waals surface area contributed by atoms with Crippen molar-refractivity contribution < 1.29 is 4.79 Å². The second kappa shape index (κ2) is 8.43. The number of hydrogen-bond acceptors (Lipinski definition) is 4. The fourth-order valence-electron chi connectivity index (χ4n) is 4.31. The molecule has 0 bridgehead atoms. The Kier molecular flexibility index (Phi) is 5.30. The molecule has 1 amide bonds. The Hall–Kier alpha value is -4.13. The molecule has 5 rings (SSSR count). The molecular weight excluding hydrogens is 414 g/mol. The van der Waals surface area contributed by atoms with Crippen molar-refractivity contribution >= 4 is 33.8 Å². The summed E-state index contributed by atoms with van der Waals surface area (Å²) in [4.78, 5) is 28.2. The molecular formula is C26H25N5O2. The average Bonchev–Trinajstić information content (AvgIpc) is 3.51. The fourth-order valence-corrected chi connectivity index (χ4v) is 4.31. The van der Waals surface area contributed by atoms with E-state index >= 15 is 0 Å². The Labute approximate surface area is 191 Å². The third-order valence-electron chi connectivity index (χ3n) is 6.17. The summed E-state index contributed by atoms with van der Waals surface area (Å²) in [6.45, 7) is 5.96. The molecule has 1 N–H and O–H groups in total. The lowest BCUT2D eigenvalue weighted by molar-refractivity contribution is -0.111. The van der Waals surface area contributed by atoms with E-state index in [2.05, 4.69) is 21.9 Å². The van der Waals surface area contributed by atoms with Gasteiger partial charge in [-0.3, -0.25) is 18.8 Å². The number of carbonyl (C=O) groups is 1. The van der Waals surface area contributed by atoms with Gasteiger partial charge in [0.05, 0.1) is 5.69 Å². The van der Waals surface area contributed by atoms with E-state index in [4.69, 9.17) is 0 Å². The monoisotopic (exact) mass is 439 g/mol. The fraction of sp³-hybridized carbons (Fsp3) is 0.192. The summed E-state index contributed by atoms with van der Waals surface area (Å²) in [6.07, 6.45) is 5.75. The van der Waals surface area contributed by atoms with Crippen LogP contribution in [0, 0.1) is 0 Å². The summed E-state index contributed by atoms with van der Waals surface area (Å²) in [6, 6.07) is 17.1. The van der Waals surface area contributed by atoms with E-state index in [0.29, 0.717) is 11.1 Å². The number of hydrogen-bond donors (Lipinski definition) is 1. The molecule has 1 aliphatic heterocycles. The van der Waals surface area contributed by atoms with Crippen molar-refractivity contribution in [3.63, 3.8) is 0 Å². The second-order valence-electron chi connectivity index (χ2n) is 8.27. The van der Waals surface area contributed by atoms with Crippen LogP contribution in [0.25, 0.3) is 27.7 Å². The number of aromatic nitrogens is 3. The molecule has 3 heterocycles. The zero-order chi connectivity index (χ0) is 22.9. The van der Waals surface area contributed by atoms with Crippen LogP contribution in [0.5, 0.6) is 0 Å². The Balaban J connectivity index is 1.35. The normalized spacial score (nSPS) is 13.4. The van der Waals surface area contributed by atoms with Crippen molar-refractivity contribution in [3.05, 3.63) is 83.9 Å². The van der Waals surface area contributed by atoms with Crippen LogP contribution in [0.4, 0.5) is 11.4 Å². The molecule has 0 spiro atoms. The Morgan fingerprint density at radius 3 is 2.48 bits per heavy atom. The SMILES string of the molecule is C=C(C(=O)Nc1ccc(-c2ccnn2C)cc1)n1ccc2cc(N3CCCC3)ccc2c1=O. The first-order valence-electron chi connectivity index (χ1n) is 11.0. The lowest BCUT2D eigenvalue weighted by Gasteiger charge is -2.18. The predicted octanol–water partition coefficient (Wildman–Crippen LogP) is 4.11. The van der Waals surface area contributed by atoms with Gasteiger partial charge in [-0.25, -0.2) is 0 Å². The van der Waals surface area contributed by atoms with E-state index in [1.54, 1.807) is 17.1 Å². The molecule has 7 nitrogen and oxygen atoms in total. The molecule has 1 fully saturated rings. The van der Waals surface area contributed by atoms with Crippen molar-refractivity contribution in [2.75, 3.05) is 23.3 Å². The van der Waals surface area contributed by atoms with Crippen LogP contribution in [-0.2, 0) is 11.8 Å². The van der Waals surface area contributed by atoms with Gasteiger partial charge in [-0.2, -0.15) is 5.10 Å². The Morgan fingerprint density at radius 1 is 1.03 bits per heavy atom. The van der Waals surface area contributed by atoms with Crippen LogP contribution in [-0.4, -0.2) is 33.3 Å². The highest BCUT2D eigenvalue weighted by molar-refractivity contribution is 6.19. The van der Waals surface area contributed by atoms with Gasteiger partial charge in [-0.15, -0.1) is 0 Å². The van der Waals surface area contributed by atoms with Crippen molar-refractivity contribution in [1.29, 1.82) is 0 Å². The molecule has 166 valence electrons. The van der Waals surface area contributed by atoms with Gasteiger partial charge in [0, 0.05) is 49.3 Å². The Morgan fingerprint density at radius 2 is 1.79 bits per heavy atom. The summed E-state index contributed by atoms with van der Waals surface area (Å²) in [7, 11) is 1.88. The first-order valence-corrected chi connectivity index (χ1v) is 11.0. The van der Waals surface area contributed by atoms with Gasteiger partial charge in [0.2, 0.25) is 0 Å². The van der Waals surface area contributed by atoms with Crippen molar-refractivity contribution in [3.8, 4) is 11.3 Å². The van der Waals surface area contributed by atoms with Crippen molar-refractivity contribution in [2.45, 2.75) is 12.8 Å². The first-order chi connectivity index (χ1) is 16.0. The second-order valence-corrected chi connectivity index (χ2v) is 8.27. The average molecular weight is 440 g/mol. The number of pyridine rings is 1. The number of amides is 1. The quantitative estimate of drug-likeness (QED) is 0.475. The summed E-state index contributed by atoms with van der Waals surface area (Å²) in [5.41, 5.74) is 3.53.